The smallest absolute Gasteiger partial charge is 0.251 e. The molecule has 0 aromatic heterocycles. The molecule has 1 aromatic rings. The van der Waals surface area contributed by atoms with E-state index >= 15 is 0 Å². The summed E-state index contributed by atoms with van der Waals surface area (Å²) >= 11 is 0. The lowest BCUT2D eigenvalue weighted by atomic mass is 9.78. The first-order chi connectivity index (χ1) is 9.11. The van der Waals surface area contributed by atoms with E-state index < -0.39 is 0 Å². The number of nitrogens with one attached hydrogen (secondary N) is 2. The Bertz CT molecular complexity index is 444. The fourth-order valence-electron chi connectivity index (χ4n) is 2.89. The van der Waals surface area contributed by atoms with Gasteiger partial charge in [0.25, 0.3) is 5.91 Å². The summed E-state index contributed by atoms with van der Waals surface area (Å²) in [4.78, 5) is 11.6. The van der Waals surface area contributed by atoms with E-state index in [-0.39, 0.29) is 5.91 Å². The molecule has 3 heteroatoms. The lowest BCUT2D eigenvalue weighted by Crippen LogP contribution is -2.35. The van der Waals surface area contributed by atoms with Crippen molar-refractivity contribution in [2.45, 2.75) is 39.2 Å². The van der Waals surface area contributed by atoms with E-state index in [1.54, 1.807) is 7.05 Å². The van der Waals surface area contributed by atoms with E-state index in [1.807, 2.05) is 24.3 Å². The Labute approximate surface area is 115 Å². The number of anilines is 1. The summed E-state index contributed by atoms with van der Waals surface area (Å²) in [5.41, 5.74) is 1.76. The highest BCUT2D eigenvalue weighted by atomic mass is 16.1. The minimum atomic E-state index is -0.0336. The van der Waals surface area contributed by atoms with Crippen molar-refractivity contribution in [2.75, 3.05) is 12.4 Å². The predicted octanol–water partition coefficient (Wildman–Crippen LogP) is 3.28. The van der Waals surface area contributed by atoms with Crippen molar-refractivity contribution >= 4 is 11.6 Å². The van der Waals surface area contributed by atoms with Gasteiger partial charge in [0, 0.05) is 24.3 Å². The average molecular weight is 260 g/mol. The van der Waals surface area contributed by atoms with Crippen LogP contribution in [-0.4, -0.2) is 19.0 Å². The van der Waals surface area contributed by atoms with Crippen molar-refractivity contribution in [2.24, 2.45) is 11.8 Å². The summed E-state index contributed by atoms with van der Waals surface area (Å²) in [5, 5.41) is 6.26. The van der Waals surface area contributed by atoms with Gasteiger partial charge in [-0.2, -0.15) is 0 Å². The maximum Gasteiger partial charge on any atom is 0.251 e. The minimum Gasteiger partial charge on any atom is -0.382 e. The molecule has 2 N–H and O–H groups in total. The van der Waals surface area contributed by atoms with Crippen molar-refractivity contribution in [1.29, 1.82) is 0 Å². The van der Waals surface area contributed by atoms with Crippen molar-refractivity contribution < 1.29 is 4.79 Å². The molecule has 3 atom stereocenters. The van der Waals surface area contributed by atoms with Crippen molar-refractivity contribution in [1.82, 2.24) is 5.32 Å². The molecule has 2 rings (SSSR count). The zero-order valence-electron chi connectivity index (χ0n) is 12.1. The fourth-order valence-corrected chi connectivity index (χ4v) is 2.89. The first-order valence-electron chi connectivity index (χ1n) is 7.20. The zero-order valence-corrected chi connectivity index (χ0v) is 12.1. The van der Waals surface area contributed by atoms with E-state index in [4.69, 9.17) is 0 Å². The van der Waals surface area contributed by atoms with Crippen LogP contribution in [-0.2, 0) is 0 Å². The van der Waals surface area contributed by atoms with E-state index in [1.165, 1.54) is 19.3 Å². The lowest BCUT2D eigenvalue weighted by Gasteiger charge is -2.35. The topological polar surface area (TPSA) is 41.1 Å². The van der Waals surface area contributed by atoms with Crippen LogP contribution in [0.1, 0.15) is 43.5 Å². The largest absolute Gasteiger partial charge is 0.382 e. The number of benzene rings is 1. The van der Waals surface area contributed by atoms with Crippen LogP contribution < -0.4 is 10.6 Å². The quantitative estimate of drug-likeness (QED) is 0.875. The summed E-state index contributed by atoms with van der Waals surface area (Å²) in [6, 6.07) is 8.27. The van der Waals surface area contributed by atoms with Gasteiger partial charge in [-0.25, -0.2) is 0 Å². The van der Waals surface area contributed by atoms with Crippen LogP contribution in [0.15, 0.2) is 24.3 Å². The summed E-state index contributed by atoms with van der Waals surface area (Å²) in [6.07, 6.45) is 3.84. The Hall–Kier alpha value is -1.51. The Morgan fingerprint density at radius 2 is 2.05 bits per heavy atom. The van der Waals surface area contributed by atoms with Crippen LogP contribution in [0.25, 0.3) is 0 Å². The second-order valence-corrected chi connectivity index (χ2v) is 5.68. The van der Waals surface area contributed by atoms with Gasteiger partial charge in [0.05, 0.1) is 0 Å². The molecule has 1 amide bonds. The molecule has 0 bridgehead atoms. The molecule has 0 spiro atoms. The van der Waals surface area contributed by atoms with Gasteiger partial charge in [-0.3, -0.25) is 4.79 Å². The van der Waals surface area contributed by atoms with Gasteiger partial charge in [-0.05, 0) is 36.5 Å². The summed E-state index contributed by atoms with van der Waals surface area (Å²) < 4.78 is 0. The van der Waals surface area contributed by atoms with E-state index in [0.29, 0.717) is 17.5 Å². The lowest BCUT2D eigenvalue weighted by molar-refractivity contribution is 0.0963. The Morgan fingerprint density at radius 3 is 2.79 bits per heavy atom. The van der Waals surface area contributed by atoms with Crippen LogP contribution in [0.2, 0.25) is 0 Å². The highest BCUT2D eigenvalue weighted by Gasteiger charge is 2.26. The van der Waals surface area contributed by atoms with Gasteiger partial charge >= 0.3 is 0 Å². The van der Waals surface area contributed by atoms with Crippen molar-refractivity contribution in [3.8, 4) is 0 Å². The average Bonchev–Trinajstić information content (AvgIpc) is 2.43. The van der Waals surface area contributed by atoms with E-state index in [0.717, 1.165) is 11.6 Å². The molecule has 0 saturated heterocycles. The molecular formula is C16H24N2O. The second-order valence-electron chi connectivity index (χ2n) is 5.68. The Kier molecular flexibility index (Phi) is 4.46. The van der Waals surface area contributed by atoms with Gasteiger partial charge in [-0.1, -0.05) is 32.8 Å². The summed E-state index contributed by atoms with van der Waals surface area (Å²) in [7, 11) is 1.66. The van der Waals surface area contributed by atoms with Crippen LogP contribution >= 0.6 is 0 Å². The molecular weight excluding hydrogens is 236 g/mol. The third-order valence-corrected chi connectivity index (χ3v) is 4.41. The zero-order chi connectivity index (χ0) is 13.8. The molecule has 1 fully saturated rings. The van der Waals surface area contributed by atoms with E-state index in [2.05, 4.69) is 24.5 Å². The number of carbonyl (C=O) groups is 1. The molecule has 0 radical (unpaired) electrons. The second kappa shape index (κ2) is 6.09. The maximum atomic E-state index is 11.6. The predicted molar refractivity (Wildman–Crippen MR) is 79.4 cm³/mol. The fraction of sp³-hybridized carbons (Fsp3) is 0.562. The molecule has 3 nitrogen and oxygen atoms in total. The number of hydrogen-bond acceptors (Lipinski definition) is 2. The van der Waals surface area contributed by atoms with Crippen molar-refractivity contribution in [3.05, 3.63) is 29.8 Å². The standard InChI is InChI=1S/C16H24N2O/c1-11-6-4-9-15(12(11)2)18-14-8-5-7-13(10-14)16(19)17-3/h5,7-8,10-12,15,18H,4,6,9H2,1-3H3,(H,17,19). The molecule has 104 valence electrons. The molecule has 1 saturated carbocycles. The normalized spacial score (nSPS) is 26.8. The van der Waals surface area contributed by atoms with Gasteiger partial charge in [-0.15, -0.1) is 0 Å². The molecule has 19 heavy (non-hydrogen) atoms. The van der Waals surface area contributed by atoms with Gasteiger partial charge < -0.3 is 10.6 Å². The number of hydrogen-bond donors (Lipinski definition) is 2. The first kappa shape index (κ1) is 13.9. The van der Waals surface area contributed by atoms with Crippen molar-refractivity contribution in [3.63, 3.8) is 0 Å². The third kappa shape index (κ3) is 3.28. The highest BCUT2D eigenvalue weighted by molar-refractivity contribution is 5.94. The van der Waals surface area contributed by atoms with Gasteiger partial charge in [0.2, 0.25) is 0 Å². The van der Waals surface area contributed by atoms with Crippen LogP contribution in [0.3, 0.4) is 0 Å². The number of carbonyl (C=O) groups excluding carboxylic acids is 1. The van der Waals surface area contributed by atoms with Gasteiger partial charge in [0.1, 0.15) is 0 Å². The first-order valence-corrected chi connectivity index (χ1v) is 7.20. The third-order valence-electron chi connectivity index (χ3n) is 4.41. The SMILES string of the molecule is CNC(=O)c1cccc(NC2CCCC(C)C2C)c1. The molecule has 0 heterocycles. The molecule has 1 aromatic carbocycles. The molecule has 1 aliphatic carbocycles. The van der Waals surface area contributed by atoms with E-state index in [9.17, 15) is 4.79 Å². The Balaban J connectivity index is 2.08. The monoisotopic (exact) mass is 260 g/mol. The molecule has 3 unspecified atom stereocenters. The summed E-state index contributed by atoms with van der Waals surface area (Å²) in [5.74, 6) is 1.42. The maximum absolute atomic E-state index is 11.6. The molecule has 0 aliphatic heterocycles. The minimum absolute atomic E-state index is 0.0336. The van der Waals surface area contributed by atoms with Gasteiger partial charge in [0.15, 0.2) is 0 Å². The number of amides is 1. The summed E-state index contributed by atoms with van der Waals surface area (Å²) in [6.45, 7) is 4.66. The number of rotatable bonds is 3. The molecule has 1 aliphatic rings. The van der Waals surface area contributed by atoms with Crippen LogP contribution in [0.4, 0.5) is 5.69 Å². The highest BCUT2D eigenvalue weighted by Crippen LogP contribution is 2.31. The Morgan fingerprint density at radius 1 is 1.26 bits per heavy atom. The van der Waals surface area contributed by atoms with Crippen LogP contribution in [0.5, 0.6) is 0 Å². The van der Waals surface area contributed by atoms with Crippen LogP contribution in [0, 0.1) is 11.8 Å².